The monoisotopic (exact) mass is 461 g/mol. The summed E-state index contributed by atoms with van der Waals surface area (Å²) in [6.45, 7) is 1.74. The third kappa shape index (κ3) is 6.27. The van der Waals surface area contributed by atoms with Crippen molar-refractivity contribution in [1.82, 2.24) is 5.32 Å². The van der Waals surface area contributed by atoms with Gasteiger partial charge in [0.15, 0.2) is 11.5 Å². The maximum absolute atomic E-state index is 13.0. The number of methoxy groups -OCH3 is 1. The SMILES string of the molecule is COc1cc(CNCCc2ccc(F)cc2)cc(Br)c1OCc1ccc(F)cc1. The number of ether oxygens (including phenoxy) is 2. The molecule has 0 fully saturated rings. The standard InChI is InChI=1S/C23H22BrF2NO2/c1-28-22-13-18(14-27-11-10-16-2-6-19(25)7-3-16)12-21(24)23(22)29-15-17-4-8-20(26)9-5-17/h2-9,12-13,27H,10-11,14-15H2,1H3. The predicted octanol–water partition coefficient (Wildman–Crippen LogP) is 5.65. The number of benzene rings is 3. The Bertz CT molecular complexity index is 931. The van der Waals surface area contributed by atoms with Gasteiger partial charge < -0.3 is 14.8 Å². The highest BCUT2D eigenvalue weighted by molar-refractivity contribution is 9.10. The van der Waals surface area contributed by atoms with E-state index in [1.54, 1.807) is 31.4 Å². The minimum Gasteiger partial charge on any atom is -0.493 e. The van der Waals surface area contributed by atoms with Crippen molar-refractivity contribution in [2.45, 2.75) is 19.6 Å². The Morgan fingerprint density at radius 1 is 0.862 bits per heavy atom. The molecule has 0 amide bonds. The average molecular weight is 462 g/mol. The second-order valence-electron chi connectivity index (χ2n) is 6.58. The van der Waals surface area contributed by atoms with Gasteiger partial charge in [0.2, 0.25) is 0 Å². The molecule has 3 rings (SSSR count). The van der Waals surface area contributed by atoms with Crippen LogP contribution in [0.25, 0.3) is 0 Å². The Morgan fingerprint density at radius 2 is 1.48 bits per heavy atom. The molecular weight excluding hydrogens is 440 g/mol. The van der Waals surface area contributed by atoms with Gasteiger partial charge in [-0.15, -0.1) is 0 Å². The maximum atomic E-state index is 13.0. The summed E-state index contributed by atoms with van der Waals surface area (Å²) in [5.74, 6) is 0.730. The van der Waals surface area contributed by atoms with Crippen LogP contribution >= 0.6 is 15.9 Å². The van der Waals surface area contributed by atoms with Crippen LogP contribution in [0.2, 0.25) is 0 Å². The molecule has 29 heavy (non-hydrogen) atoms. The van der Waals surface area contributed by atoms with E-state index in [0.29, 0.717) is 24.7 Å². The third-order valence-corrected chi connectivity index (χ3v) is 5.01. The lowest BCUT2D eigenvalue weighted by Gasteiger charge is -2.15. The normalized spacial score (nSPS) is 10.8. The topological polar surface area (TPSA) is 30.5 Å². The molecule has 0 unspecified atom stereocenters. The summed E-state index contributed by atoms with van der Waals surface area (Å²) < 4.78 is 38.1. The summed E-state index contributed by atoms with van der Waals surface area (Å²) in [7, 11) is 1.60. The van der Waals surface area contributed by atoms with Gasteiger partial charge in [0.25, 0.3) is 0 Å². The zero-order valence-electron chi connectivity index (χ0n) is 16.1. The first-order chi connectivity index (χ1) is 14.0. The van der Waals surface area contributed by atoms with Crippen LogP contribution in [0.15, 0.2) is 65.1 Å². The fourth-order valence-electron chi connectivity index (χ4n) is 2.87. The average Bonchev–Trinajstić information content (AvgIpc) is 2.72. The molecule has 3 nitrogen and oxygen atoms in total. The first-order valence-corrected chi connectivity index (χ1v) is 10.0. The Labute approximate surface area is 177 Å². The van der Waals surface area contributed by atoms with Crippen molar-refractivity contribution in [2.24, 2.45) is 0 Å². The van der Waals surface area contributed by atoms with Gasteiger partial charge in [-0.1, -0.05) is 24.3 Å². The van der Waals surface area contributed by atoms with Crippen molar-refractivity contribution >= 4 is 15.9 Å². The van der Waals surface area contributed by atoms with Crippen molar-refractivity contribution in [1.29, 1.82) is 0 Å². The lowest BCUT2D eigenvalue weighted by Crippen LogP contribution is -2.16. The zero-order valence-corrected chi connectivity index (χ0v) is 17.6. The van der Waals surface area contributed by atoms with Gasteiger partial charge in [-0.05, 0) is 82.0 Å². The smallest absolute Gasteiger partial charge is 0.175 e. The van der Waals surface area contributed by atoms with E-state index in [-0.39, 0.29) is 11.6 Å². The lowest BCUT2D eigenvalue weighted by molar-refractivity contribution is 0.282. The Morgan fingerprint density at radius 3 is 2.10 bits per heavy atom. The van der Waals surface area contributed by atoms with Gasteiger partial charge in [0.05, 0.1) is 11.6 Å². The zero-order chi connectivity index (χ0) is 20.6. The second kappa shape index (κ2) is 10.4. The number of halogens is 3. The minimum absolute atomic E-state index is 0.222. The number of rotatable bonds is 9. The molecule has 0 bridgehead atoms. The van der Waals surface area contributed by atoms with E-state index in [2.05, 4.69) is 21.2 Å². The molecule has 0 atom stereocenters. The second-order valence-corrected chi connectivity index (χ2v) is 7.43. The summed E-state index contributed by atoms with van der Waals surface area (Å²) in [6, 6.07) is 16.6. The van der Waals surface area contributed by atoms with Gasteiger partial charge in [-0.2, -0.15) is 0 Å². The number of nitrogens with one attached hydrogen (secondary N) is 1. The number of hydrogen-bond donors (Lipinski definition) is 1. The van der Waals surface area contributed by atoms with Crippen molar-refractivity contribution < 1.29 is 18.3 Å². The van der Waals surface area contributed by atoms with Gasteiger partial charge in [0.1, 0.15) is 18.2 Å². The highest BCUT2D eigenvalue weighted by atomic mass is 79.9. The molecule has 0 spiro atoms. The summed E-state index contributed by atoms with van der Waals surface area (Å²) >= 11 is 3.55. The molecule has 0 saturated carbocycles. The van der Waals surface area contributed by atoms with Gasteiger partial charge in [0, 0.05) is 6.54 Å². The predicted molar refractivity (Wildman–Crippen MR) is 113 cm³/mol. The summed E-state index contributed by atoms with van der Waals surface area (Å²) in [5.41, 5.74) is 3.00. The van der Waals surface area contributed by atoms with Crippen molar-refractivity contribution in [3.8, 4) is 11.5 Å². The van der Waals surface area contributed by atoms with Crippen LogP contribution in [-0.4, -0.2) is 13.7 Å². The van der Waals surface area contributed by atoms with E-state index in [4.69, 9.17) is 9.47 Å². The molecule has 152 valence electrons. The minimum atomic E-state index is -0.274. The largest absolute Gasteiger partial charge is 0.493 e. The molecule has 0 radical (unpaired) electrons. The third-order valence-electron chi connectivity index (χ3n) is 4.42. The molecule has 0 aliphatic rings. The van der Waals surface area contributed by atoms with Crippen LogP contribution in [0.4, 0.5) is 8.78 Å². The molecular formula is C23H22BrF2NO2. The van der Waals surface area contributed by atoms with E-state index >= 15 is 0 Å². The molecule has 3 aromatic carbocycles. The van der Waals surface area contributed by atoms with E-state index in [9.17, 15) is 8.78 Å². The van der Waals surface area contributed by atoms with Crippen LogP contribution in [0.5, 0.6) is 11.5 Å². The molecule has 3 aromatic rings. The fourth-order valence-corrected chi connectivity index (χ4v) is 3.47. The summed E-state index contributed by atoms with van der Waals surface area (Å²) in [4.78, 5) is 0. The molecule has 0 saturated heterocycles. The Balaban J connectivity index is 1.57. The molecule has 0 aliphatic carbocycles. The van der Waals surface area contributed by atoms with Gasteiger partial charge in [-0.3, -0.25) is 0 Å². The Hall–Kier alpha value is -2.44. The molecule has 1 N–H and O–H groups in total. The summed E-state index contributed by atoms with van der Waals surface area (Å²) in [5, 5.41) is 3.38. The van der Waals surface area contributed by atoms with E-state index < -0.39 is 0 Å². The quantitative estimate of drug-likeness (QED) is 0.417. The van der Waals surface area contributed by atoms with Gasteiger partial charge >= 0.3 is 0 Å². The van der Waals surface area contributed by atoms with Gasteiger partial charge in [-0.25, -0.2) is 8.78 Å². The van der Waals surface area contributed by atoms with Crippen LogP contribution in [0.1, 0.15) is 16.7 Å². The van der Waals surface area contributed by atoms with Crippen molar-refractivity contribution in [3.05, 3.63) is 93.5 Å². The molecule has 0 aromatic heterocycles. The van der Waals surface area contributed by atoms with E-state index in [1.807, 2.05) is 12.1 Å². The van der Waals surface area contributed by atoms with Crippen LogP contribution in [0.3, 0.4) is 0 Å². The van der Waals surface area contributed by atoms with Crippen LogP contribution in [0, 0.1) is 11.6 Å². The van der Waals surface area contributed by atoms with Crippen LogP contribution < -0.4 is 14.8 Å². The fraction of sp³-hybridized carbons (Fsp3) is 0.217. The highest BCUT2D eigenvalue weighted by Crippen LogP contribution is 2.37. The van der Waals surface area contributed by atoms with E-state index in [1.165, 1.54) is 24.3 Å². The van der Waals surface area contributed by atoms with Crippen LogP contribution in [-0.2, 0) is 19.6 Å². The van der Waals surface area contributed by atoms with Crippen molar-refractivity contribution in [2.75, 3.05) is 13.7 Å². The van der Waals surface area contributed by atoms with Crippen molar-refractivity contribution in [3.63, 3.8) is 0 Å². The molecule has 6 heteroatoms. The first-order valence-electron chi connectivity index (χ1n) is 9.24. The summed E-state index contributed by atoms with van der Waals surface area (Å²) in [6.07, 6.45) is 0.817. The number of hydrogen-bond acceptors (Lipinski definition) is 3. The Kier molecular flexibility index (Phi) is 7.61. The lowest BCUT2D eigenvalue weighted by atomic mass is 10.1. The molecule has 0 aliphatic heterocycles. The maximum Gasteiger partial charge on any atom is 0.175 e. The molecule has 0 heterocycles. The first kappa shape index (κ1) is 21.3. The van der Waals surface area contributed by atoms with E-state index in [0.717, 1.165) is 34.1 Å². The highest BCUT2D eigenvalue weighted by Gasteiger charge is 2.12.